The topological polar surface area (TPSA) is 102 Å². The first-order chi connectivity index (χ1) is 19.4. The summed E-state index contributed by atoms with van der Waals surface area (Å²) in [5.74, 6) is -0.946. The maximum absolute atomic E-state index is 14.2. The first kappa shape index (κ1) is 26.8. The number of amides is 1. The number of carboxylic acid groups (broad SMARTS) is 1. The van der Waals surface area contributed by atoms with Crippen LogP contribution in [-0.2, 0) is 29.2 Å². The molecule has 5 rings (SSSR count). The number of aliphatic carboxylic acids is 1. The van der Waals surface area contributed by atoms with Gasteiger partial charge >= 0.3 is 5.97 Å². The Hall–Kier alpha value is -4.78. The molecule has 0 aromatic heterocycles. The van der Waals surface area contributed by atoms with Crippen LogP contribution in [0.2, 0.25) is 0 Å². The van der Waals surface area contributed by atoms with Crippen LogP contribution in [0, 0.1) is 6.92 Å². The highest BCUT2D eigenvalue weighted by Gasteiger charge is 2.40. The van der Waals surface area contributed by atoms with Gasteiger partial charge in [-0.15, -0.1) is 0 Å². The van der Waals surface area contributed by atoms with Crippen LogP contribution < -0.4 is 15.2 Å². The highest BCUT2D eigenvalue weighted by molar-refractivity contribution is 5.91. The number of hydrogen-bond donors (Lipinski definition) is 2. The van der Waals surface area contributed by atoms with E-state index in [1.165, 1.54) is 4.90 Å². The van der Waals surface area contributed by atoms with E-state index in [0.29, 0.717) is 17.2 Å². The Morgan fingerprint density at radius 2 is 1.62 bits per heavy atom. The number of fused-ring (bicyclic) bond motifs is 1. The standard InChI is InChI=1S/C33H32N2O5/c1-21-17-22(13-15-27(21)34)20-40-31-26-18-28(33(37)38)35(19-25(26)14-16-29(31)39-2)32(36)30(23-9-5-3-6-10-23)24-11-7-4-8-12-24/h3-17,28,30H,18-20,34H2,1-2H3,(H,37,38). The van der Waals surface area contributed by atoms with Gasteiger partial charge in [-0.1, -0.05) is 78.9 Å². The Balaban J connectivity index is 1.50. The summed E-state index contributed by atoms with van der Waals surface area (Å²) in [6, 6.07) is 27.3. The van der Waals surface area contributed by atoms with Gasteiger partial charge in [0, 0.05) is 24.2 Å². The Bertz CT molecular complexity index is 1480. The van der Waals surface area contributed by atoms with Crippen molar-refractivity contribution in [1.29, 1.82) is 0 Å². The fourth-order valence-electron chi connectivity index (χ4n) is 5.30. The van der Waals surface area contributed by atoms with Crippen LogP contribution in [0.3, 0.4) is 0 Å². The Morgan fingerprint density at radius 3 is 2.20 bits per heavy atom. The number of carbonyl (C=O) groups excluding carboxylic acids is 1. The summed E-state index contributed by atoms with van der Waals surface area (Å²) in [7, 11) is 1.56. The Labute approximate surface area is 233 Å². The summed E-state index contributed by atoms with van der Waals surface area (Å²) in [6.45, 7) is 2.34. The predicted octanol–water partition coefficient (Wildman–Crippen LogP) is 5.33. The van der Waals surface area contributed by atoms with Crippen molar-refractivity contribution in [3.63, 3.8) is 0 Å². The zero-order chi connectivity index (χ0) is 28.2. The van der Waals surface area contributed by atoms with Gasteiger partial charge in [-0.25, -0.2) is 4.79 Å². The number of carboxylic acids is 1. The van der Waals surface area contributed by atoms with Crippen molar-refractivity contribution >= 4 is 17.6 Å². The molecule has 204 valence electrons. The van der Waals surface area contributed by atoms with Crippen LogP contribution in [0.15, 0.2) is 91.0 Å². The second kappa shape index (κ2) is 11.5. The van der Waals surface area contributed by atoms with E-state index in [4.69, 9.17) is 15.2 Å². The molecule has 0 radical (unpaired) electrons. The summed E-state index contributed by atoms with van der Waals surface area (Å²) >= 11 is 0. The first-order valence-electron chi connectivity index (χ1n) is 13.2. The lowest BCUT2D eigenvalue weighted by Gasteiger charge is -2.37. The molecule has 7 heteroatoms. The molecule has 4 aromatic rings. The van der Waals surface area contributed by atoms with Gasteiger partial charge in [-0.3, -0.25) is 4.79 Å². The van der Waals surface area contributed by atoms with Crippen molar-refractivity contribution in [2.75, 3.05) is 12.8 Å². The molecule has 3 N–H and O–H groups in total. The first-order valence-corrected chi connectivity index (χ1v) is 13.2. The number of anilines is 1. The fourth-order valence-corrected chi connectivity index (χ4v) is 5.30. The molecular weight excluding hydrogens is 504 g/mol. The van der Waals surface area contributed by atoms with E-state index in [-0.39, 0.29) is 25.5 Å². The lowest BCUT2D eigenvalue weighted by atomic mass is 9.87. The zero-order valence-corrected chi connectivity index (χ0v) is 22.5. The number of nitrogens with two attached hydrogens (primary N) is 1. The molecule has 0 spiro atoms. The maximum Gasteiger partial charge on any atom is 0.326 e. The van der Waals surface area contributed by atoms with Crippen molar-refractivity contribution in [3.05, 3.63) is 124 Å². The highest BCUT2D eigenvalue weighted by atomic mass is 16.5. The number of carbonyl (C=O) groups is 2. The third-order valence-electron chi connectivity index (χ3n) is 7.45. The van der Waals surface area contributed by atoms with E-state index in [1.54, 1.807) is 13.2 Å². The zero-order valence-electron chi connectivity index (χ0n) is 22.5. The van der Waals surface area contributed by atoms with Gasteiger partial charge in [0.05, 0.1) is 13.0 Å². The molecule has 4 aromatic carbocycles. The van der Waals surface area contributed by atoms with Crippen molar-refractivity contribution < 1.29 is 24.2 Å². The lowest BCUT2D eigenvalue weighted by molar-refractivity contribution is -0.151. The second-order valence-electron chi connectivity index (χ2n) is 9.99. The van der Waals surface area contributed by atoms with Crippen LogP contribution in [0.4, 0.5) is 5.69 Å². The minimum Gasteiger partial charge on any atom is -0.493 e. The molecule has 7 nitrogen and oxygen atoms in total. The smallest absolute Gasteiger partial charge is 0.326 e. The normalized spacial score (nSPS) is 14.5. The number of methoxy groups -OCH3 is 1. The van der Waals surface area contributed by atoms with Gasteiger partial charge < -0.3 is 25.2 Å². The van der Waals surface area contributed by atoms with E-state index < -0.39 is 17.9 Å². The van der Waals surface area contributed by atoms with Gasteiger partial charge in [-0.05, 0) is 46.9 Å². The largest absolute Gasteiger partial charge is 0.493 e. The quantitative estimate of drug-likeness (QED) is 0.295. The maximum atomic E-state index is 14.2. The average Bonchev–Trinajstić information content (AvgIpc) is 2.98. The number of nitrogen functional groups attached to an aromatic ring is 1. The van der Waals surface area contributed by atoms with Gasteiger partial charge in [-0.2, -0.15) is 0 Å². The van der Waals surface area contributed by atoms with E-state index in [0.717, 1.165) is 33.4 Å². The number of hydrogen-bond acceptors (Lipinski definition) is 5. The number of rotatable bonds is 8. The van der Waals surface area contributed by atoms with Crippen LogP contribution in [0.1, 0.15) is 39.3 Å². The summed E-state index contributed by atoms with van der Waals surface area (Å²) in [4.78, 5) is 28.3. The van der Waals surface area contributed by atoms with Gasteiger partial charge in [0.2, 0.25) is 5.91 Å². The number of benzene rings is 4. The SMILES string of the molecule is COc1ccc2c(c1OCc1ccc(N)c(C)c1)CC(C(=O)O)N(C(=O)C(c1ccccc1)c1ccccc1)C2. The van der Waals surface area contributed by atoms with Crippen LogP contribution >= 0.6 is 0 Å². The molecule has 1 unspecified atom stereocenters. The molecule has 40 heavy (non-hydrogen) atoms. The number of aryl methyl sites for hydroxylation is 1. The molecule has 1 heterocycles. The molecule has 0 fully saturated rings. The highest BCUT2D eigenvalue weighted by Crippen LogP contribution is 2.40. The lowest BCUT2D eigenvalue weighted by Crippen LogP contribution is -2.50. The summed E-state index contributed by atoms with van der Waals surface area (Å²) in [5.41, 5.74) is 11.7. The molecule has 0 saturated heterocycles. The van der Waals surface area contributed by atoms with Crippen molar-refractivity contribution in [3.8, 4) is 11.5 Å². The predicted molar refractivity (Wildman–Crippen MR) is 153 cm³/mol. The minimum atomic E-state index is -1.07. The molecule has 0 aliphatic carbocycles. The molecular formula is C33H32N2O5. The van der Waals surface area contributed by atoms with Gasteiger partial charge in [0.25, 0.3) is 0 Å². The Morgan fingerprint density at radius 1 is 0.975 bits per heavy atom. The third-order valence-corrected chi connectivity index (χ3v) is 7.45. The Kier molecular flexibility index (Phi) is 7.73. The van der Waals surface area contributed by atoms with Gasteiger partial charge in [0.15, 0.2) is 11.5 Å². The summed E-state index contributed by atoms with van der Waals surface area (Å²) in [6.07, 6.45) is 0.0972. The van der Waals surface area contributed by atoms with E-state index in [1.807, 2.05) is 91.9 Å². The number of nitrogens with zero attached hydrogens (tertiary/aromatic N) is 1. The second-order valence-corrected chi connectivity index (χ2v) is 9.99. The molecule has 0 saturated carbocycles. The van der Waals surface area contributed by atoms with Crippen LogP contribution in [-0.4, -0.2) is 35.0 Å². The van der Waals surface area contributed by atoms with Gasteiger partial charge in [0.1, 0.15) is 12.6 Å². The molecule has 1 atom stereocenters. The van der Waals surface area contributed by atoms with Crippen molar-refractivity contribution in [2.45, 2.75) is 38.5 Å². The van der Waals surface area contributed by atoms with E-state index >= 15 is 0 Å². The molecule has 1 amide bonds. The van der Waals surface area contributed by atoms with Crippen molar-refractivity contribution in [2.24, 2.45) is 0 Å². The third kappa shape index (κ3) is 5.36. The van der Waals surface area contributed by atoms with E-state index in [2.05, 4.69) is 0 Å². The molecule has 1 aliphatic heterocycles. The fraction of sp³-hybridized carbons (Fsp3) is 0.212. The monoisotopic (exact) mass is 536 g/mol. The van der Waals surface area contributed by atoms with Crippen LogP contribution in [0.5, 0.6) is 11.5 Å². The molecule has 0 bridgehead atoms. The van der Waals surface area contributed by atoms with Crippen LogP contribution in [0.25, 0.3) is 0 Å². The number of ether oxygens (including phenoxy) is 2. The van der Waals surface area contributed by atoms with Crippen molar-refractivity contribution in [1.82, 2.24) is 4.90 Å². The summed E-state index contributed by atoms with van der Waals surface area (Å²) < 4.78 is 11.8. The molecule has 1 aliphatic rings. The van der Waals surface area contributed by atoms with E-state index in [9.17, 15) is 14.7 Å². The average molecular weight is 537 g/mol. The minimum absolute atomic E-state index is 0.0972. The summed E-state index contributed by atoms with van der Waals surface area (Å²) in [5, 5.41) is 10.3.